The van der Waals surface area contributed by atoms with Gasteiger partial charge in [0, 0.05) is 17.5 Å². The van der Waals surface area contributed by atoms with E-state index in [2.05, 4.69) is 28.9 Å². The van der Waals surface area contributed by atoms with Crippen molar-refractivity contribution in [3.8, 4) is 22.4 Å². The number of sulfone groups is 1. The van der Waals surface area contributed by atoms with E-state index >= 15 is 0 Å². The number of nitrogens with one attached hydrogen (secondary N) is 1. The summed E-state index contributed by atoms with van der Waals surface area (Å²) in [5.41, 5.74) is 9.79. The summed E-state index contributed by atoms with van der Waals surface area (Å²) in [6.45, 7) is 2.01. The van der Waals surface area contributed by atoms with E-state index in [0.29, 0.717) is 4.90 Å². The van der Waals surface area contributed by atoms with Gasteiger partial charge in [0.1, 0.15) is 0 Å². The molecule has 0 bridgehead atoms. The van der Waals surface area contributed by atoms with Crippen molar-refractivity contribution in [1.29, 1.82) is 0 Å². The van der Waals surface area contributed by atoms with Crippen LogP contribution in [0.15, 0.2) is 65.6 Å². The minimum Gasteiger partial charge on any atom is -0.358 e. The first-order valence-corrected chi connectivity index (χ1v) is 9.47. The molecule has 0 fully saturated rings. The van der Waals surface area contributed by atoms with E-state index < -0.39 is 9.84 Å². The molecule has 0 atom stereocenters. The van der Waals surface area contributed by atoms with Crippen LogP contribution in [-0.4, -0.2) is 26.7 Å². The molecule has 3 aromatic rings. The Morgan fingerprint density at radius 3 is 2.00 bits per heavy atom. The fourth-order valence-electron chi connectivity index (χ4n) is 2.53. The molecule has 0 aliphatic rings. The van der Waals surface area contributed by atoms with E-state index in [1.807, 2.05) is 37.3 Å². The lowest BCUT2D eigenvalue weighted by Gasteiger charge is -2.06. The highest BCUT2D eigenvalue weighted by Gasteiger charge is 2.12. The monoisotopic (exact) mass is 342 g/mol. The molecule has 0 aliphatic heterocycles. The van der Waals surface area contributed by atoms with Crippen molar-refractivity contribution in [1.82, 2.24) is 4.98 Å². The fraction of sp³-hybridized carbons (Fsp3) is 0.158. The summed E-state index contributed by atoms with van der Waals surface area (Å²) in [6.07, 6.45) is 1.22. The lowest BCUT2D eigenvalue weighted by atomic mass is 10.0. The van der Waals surface area contributed by atoms with Crippen LogP contribution in [0.4, 0.5) is 0 Å². The van der Waals surface area contributed by atoms with Gasteiger partial charge in [-0.05, 0) is 43.3 Å². The van der Waals surface area contributed by atoms with Crippen LogP contribution in [0.5, 0.6) is 0 Å². The minimum absolute atomic E-state index is 0.334. The van der Waals surface area contributed by atoms with E-state index in [0.717, 1.165) is 28.1 Å². The van der Waals surface area contributed by atoms with Crippen LogP contribution >= 0.6 is 0 Å². The van der Waals surface area contributed by atoms with Crippen LogP contribution in [0.2, 0.25) is 0 Å². The fourth-order valence-corrected chi connectivity index (χ4v) is 3.16. The average molecular weight is 342 g/mol. The topological polar surface area (TPSA) is 76.0 Å². The van der Waals surface area contributed by atoms with Gasteiger partial charge in [-0.3, -0.25) is 0 Å². The summed E-state index contributed by atoms with van der Waals surface area (Å²) in [5.74, 6) is 0. The van der Waals surface area contributed by atoms with Crippen LogP contribution < -0.4 is 5.73 Å². The van der Waals surface area contributed by atoms with Gasteiger partial charge in [-0.15, -0.1) is 0 Å². The predicted octanol–water partition coefficient (Wildman–Crippen LogP) is 3.64. The number of aromatic amines is 1. The standard InChI is InChI=1S/C18H17NO2S.CH5N/c1-13-12-17(14-6-4-3-5-7-14)18(19-13)15-8-10-16(11-9-15)22(2,20)21;1-2/h3-12,19H,1-2H3;2H2,1H3. The van der Waals surface area contributed by atoms with Gasteiger partial charge in [0.25, 0.3) is 0 Å². The maximum atomic E-state index is 11.6. The molecular formula is C19H22N2O2S. The highest BCUT2D eigenvalue weighted by Crippen LogP contribution is 2.32. The molecular weight excluding hydrogens is 320 g/mol. The maximum absolute atomic E-state index is 11.6. The molecule has 0 radical (unpaired) electrons. The van der Waals surface area contributed by atoms with Gasteiger partial charge < -0.3 is 10.7 Å². The third-order valence-corrected chi connectivity index (χ3v) is 4.74. The first-order chi connectivity index (χ1) is 11.4. The smallest absolute Gasteiger partial charge is 0.175 e. The summed E-state index contributed by atoms with van der Waals surface area (Å²) < 4.78 is 23.1. The number of rotatable bonds is 3. The van der Waals surface area contributed by atoms with Crippen molar-refractivity contribution in [3.63, 3.8) is 0 Å². The Labute approximate surface area is 143 Å². The van der Waals surface area contributed by atoms with Crippen LogP contribution in [0, 0.1) is 6.92 Å². The summed E-state index contributed by atoms with van der Waals surface area (Å²) >= 11 is 0. The molecule has 3 N–H and O–H groups in total. The molecule has 0 spiro atoms. The largest absolute Gasteiger partial charge is 0.358 e. The molecule has 4 nitrogen and oxygen atoms in total. The van der Waals surface area contributed by atoms with Gasteiger partial charge >= 0.3 is 0 Å². The predicted molar refractivity (Wildman–Crippen MR) is 99.6 cm³/mol. The van der Waals surface area contributed by atoms with Crippen LogP contribution in [0.3, 0.4) is 0 Å². The zero-order valence-corrected chi connectivity index (χ0v) is 14.9. The van der Waals surface area contributed by atoms with E-state index in [9.17, 15) is 8.42 Å². The Hall–Kier alpha value is -2.37. The quantitative estimate of drug-likeness (QED) is 0.763. The normalized spacial score (nSPS) is 10.8. The van der Waals surface area contributed by atoms with Crippen LogP contribution in [0.25, 0.3) is 22.4 Å². The second kappa shape index (κ2) is 7.47. The second-order valence-corrected chi connectivity index (χ2v) is 7.42. The van der Waals surface area contributed by atoms with Crippen molar-refractivity contribution >= 4 is 9.84 Å². The Morgan fingerprint density at radius 1 is 0.875 bits per heavy atom. The van der Waals surface area contributed by atoms with Gasteiger partial charge in [0.05, 0.1) is 10.6 Å². The van der Waals surface area contributed by atoms with Gasteiger partial charge in [-0.25, -0.2) is 8.42 Å². The first-order valence-electron chi connectivity index (χ1n) is 7.58. The molecule has 0 saturated carbocycles. The highest BCUT2D eigenvalue weighted by atomic mass is 32.2. The van der Waals surface area contributed by atoms with Crippen molar-refractivity contribution in [2.75, 3.05) is 13.3 Å². The number of nitrogens with two attached hydrogens (primary N) is 1. The van der Waals surface area contributed by atoms with Gasteiger partial charge in [0.2, 0.25) is 0 Å². The number of hydrogen-bond donors (Lipinski definition) is 2. The molecule has 1 heterocycles. The second-order valence-electron chi connectivity index (χ2n) is 5.40. The molecule has 3 rings (SSSR count). The highest BCUT2D eigenvalue weighted by molar-refractivity contribution is 7.90. The third-order valence-electron chi connectivity index (χ3n) is 3.61. The third kappa shape index (κ3) is 3.93. The number of aromatic nitrogens is 1. The number of aryl methyl sites for hydroxylation is 1. The Bertz CT molecular complexity index is 896. The molecule has 24 heavy (non-hydrogen) atoms. The first kappa shape index (κ1) is 18.0. The van der Waals surface area contributed by atoms with Crippen LogP contribution in [0.1, 0.15) is 5.69 Å². The molecule has 1 aromatic heterocycles. The molecule has 0 amide bonds. The Kier molecular flexibility index (Phi) is 5.59. The van der Waals surface area contributed by atoms with Crippen molar-refractivity contribution in [3.05, 3.63) is 66.4 Å². The van der Waals surface area contributed by atoms with Crippen LogP contribution in [-0.2, 0) is 9.84 Å². The molecule has 5 heteroatoms. The summed E-state index contributed by atoms with van der Waals surface area (Å²) in [6, 6.07) is 19.2. The average Bonchev–Trinajstić information content (AvgIpc) is 2.99. The van der Waals surface area contributed by atoms with Crippen molar-refractivity contribution < 1.29 is 8.42 Å². The summed E-state index contributed by atoms with van der Waals surface area (Å²) in [5, 5.41) is 0. The van der Waals surface area contributed by atoms with Gasteiger partial charge in [-0.2, -0.15) is 0 Å². The maximum Gasteiger partial charge on any atom is 0.175 e. The Balaban J connectivity index is 0.00000100. The zero-order valence-electron chi connectivity index (χ0n) is 14.1. The van der Waals surface area contributed by atoms with Crippen molar-refractivity contribution in [2.45, 2.75) is 11.8 Å². The summed E-state index contributed by atoms with van der Waals surface area (Å²) in [4.78, 5) is 3.70. The van der Waals surface area contributed by atoms with E-state index in [4.69, 9.17) is 0 Å². The Morgan fingerprint density at radius 2 is 1.46 bits per heavy atom. The molecule has 126 valence electrons. The number of H-pyrrole nitrogens is 1. The minimum atomic E-state index is -3.17. The molecule has 0 unspecified atom stereocenters. The zero-order chi connectivity index (χ0) is 17.7. The molecule has 0 aliphatic carbocycles. The lowest BCUT2D eigenvalue weighted by Crippen LogP contribution is -1.96. The lowest BCUT2D eigenvalue weighted by molar-refractivity contribution is 0.602. The SMILES string of the molecule is CN.Cc1cc(-c2ccccc2)c(-c2ccc(S(C)(=O)=O)cc2)[nH]1. The molecule has 2 aromatic carbocycles. The van der Waals surface area contributed by atoms with Crippen molar-refractivity contribution in [2.24, 2.45) is 5.73 Å². The molecule has 0 saturated heterocycles. The van der Waals surface area contributed by atoms with E-state index in [1.165, 1.54) is 13.3 Å². The summed E-state index contributed by atoms with van der Waals surface area (Å²) in [7, 11) is -1.67. The number of benzene rings is 2. The van der Waals surface area contributed by atoms with E-state index in [1.54, 1.807) is 12.1 Å². The number of hydrogen-bond acceptors (Lipinski definition) is 3. The van der Waals surface area contributed by atoms with Gasteiger partial charge in [0.15, 0.2) is 9.84 Å². The van der Waals surface area contributed by atoms with E-state index in [-0.39, 0.29) is 0 Å². The van der Waals surface area contributed by atoms with Gasteiger partial charge in [-0.1, -0.05) is 42.5 Å².